The van der Waals surface area contributed by atoms with Gasteiger partial charge < -0.3 is 24.4 Å². The molecule has 2 fully saturated rings. The zero-order chi connectivity index (χ0) is 26.1. The molecule has 0 spiro atoms. The van der Waals surface area contributed by atoms with Crippen LogP contribution in [-0.4, -0.2) is 69.1 Å². The van der Waals surface area contributed by atoms with Crippen molar-refractivity contribution in [2.75, 3.05) is 57.2 Å². The second-order valence-electron chi connectivity index (χ2n) is 9.06. The highest BCUT2D eigenvalue weighted by Gasteiger charge is 2.47. The highest BCUT2D eigenvalue weighted by molar-refractivity contribution is 7.10. The summed E-state index contributed by atoms with van der Waals surface area (Å²) in [6.45, 7) is 3.84. The number of amides is 1. The summed E-state index contributed by atoms with van der Waals surface area (Å²) in [5, 5.41) is 13.2. The first-order valence-electron chi connectivity index (χ1n) is 12.0. The summed E-state index contributed by atoms with van der Waals surface area (Å²) in [4.78, 5) is 33.6. The maximum absolute atomic E-state index is 13.4. The van der Waals surface area contributed by atoms with Crippen molar-refractivity contribution < 1.29 is 24.2 Å². The van der Waals surface area contributed by atoms with Crippen molar-refractivity contribution in [3.8, 4) is 11.5 Å². The first-order valence-corrected chi connectivity index (χ1v) is 12.9. The number of likely N-dealkylation sites (N-methyl/N-ethyl adjacent to an activating group) is 1. The van der Waals surface area contributed by atoms with E-state index in [4.69, 9.17) is 9.47 Å². The van der Waals surface area contributed by atoms with Crippen LogP contribution in [-0.2, 0) is 9.59 Å². The Balaban J connectivity index is 1.55. The summed E-state index contributed by atoms with van der Waals surface area (Å²) < 4.78 is 10.7. The molecule has 1 amide bonds. The first-order chi connectivity index (χ1) is 17.9. The van der Waals surface area contributed by atoms with Gasteiger partial charge in [0.2, 0.25) is 0 Å². The number of anilines is 2. The Morgan fingerprint density at radius 2 is 1.59 bits per heavy atom. The number of hydrogen-bond acceptors (Lipinski definition) is 8. The zero-order valence-electron chi connectivity index (χ0n) is 21.0. The molecular weight excluding hydrogens is 490 g/mol. The molecule has 1 aromatic heterocycles. The van der Waals surface area contributed by atoms with Crippen molar-refractivity contribution in [3.05, 3.63) is 76.0 Å². The minimum Gasteiger partial charge on any atom is -0.507 e. The number of thiophene rings is 1. The van der Waals surface area contributed by atoms with Crippen LogP contribution >= 0.6 is 11.3 Å². The second kappa shape index (κ2) is 10.3. The number of carbonyl (C=O) groups is 2. The Labute approximate surface area is 219 Å². The molecule has 1 unspecified atom stereocenters. The monoisotopic (exact) mass is 519 g/mol. The van der Waals surface area contributed by atoms with Gasteiger partial charge in [-0.05, 0) is 61.0 Å². The fourth-order valence-electron chi connectivity index (χ4n) is 4.84. The van der Waals surface area contributed by atoms with Gasteiger partial charge in [-0.15, -0.1) is 11.3 Å². The SMILES string of the molecule is COc1ccc(/C(O)=C2/C(=O)C(=O)N(c3ccc(N4CCN(C)CC4)cc3)C2c2cccs2)cc1OC. The lowest BCUT2D eigenvalue weighted by Gasteiger charge is -2.34. The number of carbonyl (C=O) groups excluding carboxylic acids is 2. The molecule has 3 heterocycles. The number of Topliss-reactive ketones (excluding diaryl/α,β-unsaturated/α-hetero) is 1. The van der Waals surface area contributed by atoms with Crippen molar-refractivity contribution in [1.29, 1.82) is 0 Å². The summed E-state index contributed by atoms with van der Waals surface area (Å²) in [6.07, 6.45) is 0. The minimum atomic E-state index is -0.748. The van der Waals surface area contributed by atoms with Gasteiger partial charge in [-0.25, -0.2) is 0 Å². The molecule has 2 aromatic carbocycles. The van der Waals surface area contributed by atoms with Crippen LogP contribution in [0, 0.1) is 0 Å². The average molecular weight is 520 g/mol. The largest absolute Gasteiger partial charge is 0.507 e. The molecule has 0 radical (unpaired) electrons. The van der Waals surface area contributed by atoms with Crippen LogP contribution in [0.3, 0.4) is 0 Å². The fourth-order valence-corrected chi connectivity index (χ4v) is 5.67. The summed E-state index contributed by atoms with van der Waals surface area (Å²) in [7, 11) is 5.14. The van der Waals surface area contributed by atoms with Crippen LogP contribution in [0.1, 0.15) is 16.5 Å². The number of aliphatic hydroxyl groups is 1. The van der Waals surface area contributed by atoms with Crippen molar-refractivity contribution in [2.24, 2.45) is 0 Å². The molecule has 8 nitrogen and oxygen atoms in total. The van der Waals surface area contributed by atoms with Crippen molar-refractivity contribution in [1.82, 2.24) is 4.90 Å². The summed E-state index contributed by atoms with van der Waals surface area (Å²) in [5.74, 6) is -0.751. The average Bonchev–Trinajstić information content (AvgIpc) is 3.55. The fraction of sp³-hybridized carbons (Fsp3) is 0.286. The van der Waals surface area contributed by atoms with Crippen LogP contribution in [0.2, 0.25) is 0 Å². The summed E-state index contributed by atoms with van der Waals surface area (Å²) >= 11 is 1.43. The van der Waals surface area contributed by atoms with Crippen molar-refractivity contribution >= 4 is 40.2 Å². The smallest absolute Gasteiger partial charge is 0.300 e. The molecule has 5 rings (SSSR count). The molecule has 2 aliphatic heterocycles. The Hall–Kier alpha value is -3.82. The molecule has 192 valence electrons. The topological polar surface area (TPSA) is 82.5 Å². The molecule has 2 saturated heterocycles. The number of aliphatic hydroxyl groups excluding tert-OH is 1. The lowest BCUT2D eigenvalue weighted by molar-refractivity contribution is -0.132. The molecule has 1 N–H and O–H groups in total. The van der Waals surface area contributed by atoms with Gasteiger partial charge in [0.05, 0.1) is 19.8 Å². The predicted octanol–water partition coefficient (Wildman–Crippen LogP) is 4.14. The standard InChI is InChI=1S/C28H29N3O5S/c1-29-12-14-30(15-13-29)19-7-9-20(10-8-19)31-25(23-5-4-16-37-23)24(27(33)28(31)34)26(32)18-6-11-21(35-2)22(17-18)36-3/h4-11,16-17,25,32H,12-15H2,1-3H3/b26-24-. The van der Waals surface area contributed by atoms with Gasteiger partial charge in [0.1, 0.15) is 11.8 Å². The quantitative estimate of drug-likeness (QED) is 0.298. The molecule has 0 saturated carbocycles. The molecule has 9 heteroatoms. The van der Waals surface area contributed by atoms with Gasteiger partial charge in [-0.3, -0.25) is 14.5 Å². The lowest BCUT2D eigenvalue weighted by atomic mass is 9.99. The highest BCUT2D eigenvalue weighted by Crippen LogP contribution is 2.44. The predicted molar refractivity (Wildman–Crippen MR) is 145 cm³/mol. The normalized spacial score (nSPS) is 19.9. The molecule has 2 aliphatic rings. The lowest BCUT2D eigenvalue weighted by Crippen LogP contribution is -2.44. The minimum absolute atomic E-state index is 0.0443. The number of rotatable bonds is 6. The van der Waals surface area contributed by atoms with Gasteiger partial charge >= 0.3 is 0 Å². The number of nitrogens with zero attached hydrogens (tertiary/aromatic N) is 3. The van der Waals surface area contributed by atoms with E-state index in [-0.39, 0.29) is 11.3 Å². The van der Waals surface area contributed by atoms with Crippen LogP contribution in [0.4, 0.5) is 11.4 Å². The van der Waals surface area contributed by atoms with E-state index in [1.54, 1.807) is 18.2 Å². The Bertz CT molecular complexity index is 1330. The maximum Gasteiger partial charge on any atom is 0.300 e. The third-order valence-corrected chi connectivity index (χ3v) is 7.84. The zero-order valence-corrected chi connectivity index (χ0v) is 21.8. The van der Waals surface area contributed by atoms with Gasteiger partial charge in [-0.1, -0.05) is 6.07 Å². The number of ketones is 1. The highest BCUT2D eigenvalue weighted by atomic mass is 32.1. The number of piperazine rings is 1. The van der Waals surface area contributed by atoms with Crippen LogP contribution in [0.5, 0.6) is 11.5 Å². The van der Waals surface area contributed by atoms with E-state index in [1.165, 1.54) is 30.5 Å². The second-order valence-corrected chi connectivity index (χ2v) is 10.0. The van der Waals surface area contributed by atoms with Gasteiger partial charge in [0, 0.05) is 48.0 Å². The van der Waals surface area contributed by atoms with E-state index in [9.17, 15) is 14.7 Å². The Morgan fingerprint density at radius 3 is 2.22 bits per heavy atom. The first kappa shape index (κ1) is 24.9. The van der Waals surface area contributed by atoms with E-state index in [0.717, 1.165) is 36.7 Å². The van der Waals surface area contributed by atoms with E-state index in [1.807, 2.05) is 41.8 Å². The molecule has 3 aromatic rings. The molecule has 1 atom stereocenters. The third kappa shape index (κ3) is 4.56. The van der Waals surface area contributed by atoms with Gasteiger partial charge in [-0.2, -0.15) is 0 Å². The van der Waals surface area contributed by atoms with E-state index >= 15 is 0 Å². The molecule has 0 bridgehead atoms. The van der Waals surface area contributed by atoms with E-state index in [2.05, 4.69) is 16.8 Å². The molecule has 0 aliphatic carbocycles. The molecule has 37 heavy (non-hydrogen) atoms. The summed E-state index contributed by atoms with van der Waals surface area (Å²) in [6, 6.07) is 15.6. The number of hydrogen-bond donors (Lipinski definition) is 1. The summed E-state index contributed by atoms with van der Waals surface area (Å²) in [5.41, 5.74) is 2.08. The van der Waals surface area contributed by atoms with E-state index < -0.39 is 17.7 Å². The number of ether oxygens (including phenoxy) is 2. The van der Waals surface area contributed by atoms with Gasteiger partial charge in [0.25, 0.3) is 11.7 Å². The third-order valence-electron chi connectivity index (χ3n) is 6.91. The van der Waals surface area contributed by atoms with Gasteiger partial charge in [0.15, 0.2) is 11.5 Å². The van der Waals surface area contributed by atoms with Crippen LogP contribution in [0.25, 0.3) is 5.76 Å². The maximum atomic E-state index is 13.4. The number of benzene rings is 2. The van der Waals surface area contributed by atoms with Crippen LogP contribution in [0.15, 0.2) is 65.6 Å². The van der Waals surface area contributed by atoms with Crippen LogP contribution < -0.4 is 19.3 Å². The van der Waals surface area contributed by atoms with Crippen molar-refractivity contribution in [2.45, 2.75) is 6.04 Å². The Kier molecular flexibility index (Phi) is 6.90. The Morgan fingerprint density at radius 1 is 0.919 bits per heavy atom. The van der Waals surface area contributed by atoms with Crippen molar-refractivity contribution in [3.63, 3.8) is 0 Å². The number of methoxy groups -OCH3 is 2. The van der Waals surface area contributed by atoms with E-state index in [0.29, 0.717) is 22.7 Å². The molecular formula is C28H29N3O5S.